The van der Waals surface area contributed by atoms with Crippen molar-refractivity contribution in [3.63, 3.8) is 0 Å². The Labute approximate surface area is 370 Å². The Morgan fingerprint density at radius 1 is 0.703 bits per heavy atom. The summed E-state index contributed by atoms with van der Waals surface area (Å²) in [6.45, 7) is 2.24. The van der Waals surface area contributed by atoms with E-state index in [1.54, 1.807) is 11.1 Å². The maximum absolute atomic E-state index is 14.0. The smallest absolute Gasteiger partial charge is 0.407 e. The van der Waals surface area contributed by atoms with Gasteiger partial charge in [0.2, 0.25) is 5.91 Å². The number of pyridine rings is 1. The lowest BCUT2D eigenvalue weighted by Crippen LogP contribution is -2.53. The summed E-state index contributed by atoms with van der Waals surface area (Å²) in [6, 6.07) is 23.5. The molecule has 0 saturated carbocycles. The monoisotopic (exact) mass is 865 g/mol. The van der Waals surface area contributed by atoms with E-state index in [1.165, 1.54) is 14.2 Å². The number of benzene rings is 3. The fourth-order valence-corrected chi connectivity index (χ4v) is 9.29. The summed E-state index contributed by atoms with van der Waals surface area (Å²) in [5, 5.41) is 7.52. The second kappa shape index (κ2) is 18.7. The predicted molar refractivity (Wildman–Crippen MR) is 237 cm³/mol. The number of aromatic amines is 2. The van der Waals surface area contributed by atoms with Crippen LogP contribution in [0.3, 0.4) is 0 Å². The summed E-state index contributed by atoms with van der Waals surface area (Å²) in [5.74, 6) is 1.03. The predicted octanol–water partition coefficient (Wildman–Crippen LogP) is 7.26. The largest absolute Gasteiger partial charge is 0.453 e. The van der Waals surface area contributed by atoms with E-state index in [-0.39, 0.29) is 29.8 Å². The van der Waals surface area contributed by atoms with Gasteiger partial charge in [-0.3, -0.25) is 14.6 Å². The number of rotatable bonds is 11. The molecular formula is C48H51N9O7. The standard InChI is InChI=1S/C48H51N9O7/c1-62-47(60)54-41(31-8-4-3-5-9-31)45(58)56-20-7-11-40(56)44-51-28-38(53-44)34-17-16-33-25-36(49-26-35(33)24-34)29-12-14-30(15-13-29)37-27-50-43(52-37)39-10-6-21-57(39)46(59)42(55-48(61)63-2)32-18-22-64-23-19-32/h3-5,8-9,12-17,24-28,32,39-42H,6-7,10-11,18-23H2,1-2H3,(H,50,52)(H,51,53)(H,54,60)(H,55,61)/t39-,40-,41+,42-/m0/s1. The number of likely N-dealkylation sites (tertiary alicyclic amines) is 2. The summed E-state index contributed by atoms with van der Waals surface area (Å²) in [5.41, 5.74) is 5.94. The van der Waals surface area contributed by atoms with Crippen LogP contribution >= 0.6 is 0 Å². The van der Waals surface area contributed by atoms with E-state index in [1.807, 2.05) is 78.0 Å². The number of aromatic nitrogens is 5. The molecule has 0 unspecified atom stereocenters. The van der Waals surface area contributed by atoms with Gasteiger partial charge in [0, 0.05) is 55.2 Å². The maximum atomic E-state index is 14.0. The van der Waals surface area contributed by atoms with E-state index >= 15 is 0 Å². The molecule has 4 N–H and O–H groups in total. The summed E-state index contributed by atoms with van der Waals surface area (Å²) < 4.78 is 15.2. The molecular weight excluding hydrogens is 815 g/mol. The second-order valence-electron chi connectivity index (χ2n) is 16.5. The van der Waals surface area contributed by atoms with Gasteiger partial charge in [-0.15, -0.1) is 0 Å². The molecule has 0 bridgehead atoms. The quantitative estimate of drug-likeness (QED) is 0.103. The molecule has 16 heteroatoms. The van der Waals surface area contributed by atoms with E-state index in [4.69, 9.17) is 29.2 Å². The molecule has 3 aromatic heterocycles. The zero-order valence-corrected chi connectivity index (χ0v) is 35.8. The Morgan fingerprint density at radius 2 is 1.38 bits per heavy atom. The number of ether oxygens (including phenoxy) is 3. The fraction of sp³-hybridized carbons (Fsp3) is 0.354. The molecule has 3 saturated heterocycles. The van der Waals surface area contributed by atoms with Gasteiger partial charge in [0.25, 0.3) is 5.91 Å². The Hall–Kier alpha value is -7.07. The van der Waals surface area contributed by atoms with Crippen molar-refractivity contribution in [1.29, 1.82) is 0 Å². The molecule has 4 atom stereocenters. The minimum Gasteiger partial charge on any atom is -0.453 e. The third-order valence-corrected chi connectivity index (χ3v) is 12.7. The lowest BCUT2D eigenvalue weighted by Gasteiger charge is -2.34. The van der Waals surface area contributed by atoms with Crippen LogP contribution in [0.15, 0.2) is 97.5 Å². The van der Waals surface area contributed by atoms with Crippen molar-refractivity contribution in [2.45, 2.75) is 62.7 Å². The molecule has 0 aliphatic carbocycles. The molecule has 3 aliphatic heterocycles. The van der Waals surface area contributed by atoms with Crippen molar-refractivity contribution in [1.82, 2.24) is 45.4 Å². The number of methoxy groups -OCH3 is 2. The normalized spacial score (nSPS) is 18.7. The van der Waals surface area contributed by atoms with Crippen LogP contribution in [0.1, 0.15) is 73.9 Å². The molecule has 3 aliphatic rings. The average Bonchev–Trinajstić information content (AvgIpc) is 4.20. The Bertz CT molecular complexity index is 2620. The molecule has 64 heavy (non-hydrogen) atoms. The summed E-state index contributed by atoms with van der Waals surface area (Å²) >= 11 is 0. The number of hydrogen-bond donors (Lipinski definition) is 4. The van der Waals surface area contributed by atoms with E-state index in [9.17, 15) is 19.2 Å². The lowest BCUT2D eigenvalue weighted by atomic mass is 9.90. The molecule has 330 valence electrons. The summed E-state index contributed by atoms with van der Waals surface area (Å²) in [7, 11) is 2.58. The minimum absolute atomic E-state index is 0.0347. The van der Waals surface area contributed by atoms with Gasteiger partial charge in [-0.1, -0.05) is 66.7 Å². The maximum Gasteiger partial charge on any atom is 0.407 e. The SMILES string of the molecule is COC(=O)N[C@H](C(=O)N1CCC[C@H]1c1ncc(-c2ccc(-c3cc4ccc(-c5c[nH]c([C@@H]6CCCN6C(=O)[C@H](NC(=O)OC)c6ccccc6)n5)cc4cn3)cc2)[nH]1)C1CCOCC1. The van der Waals surface area contributed by atoms with Crippen molar-refractivity contribution in [2.75, 3.05) is 40.5 Å². The molecule has 16 nitrogen and oxygen atoms in total. The molecule has 0 radical (unpaired) electrons. The Balaban J connectivity index is 0.868. The van der Waals surface area contributed by atoms with Crippen LogP contribution in [0.25, 0.3) is 44.5 Å². The van der Waals surface area contributed by atoms with Gasteiger partial charge in [-0.05, 0) is 73.1 Å². The molecule has 0 spiro atoms. The zero-order valence-electron chi connectivity index (χ0n) is 35.8. The van der Waals surface area contributed by atoms with Gasteiger partial charge >= 0.3 is 12.2 Å². The van der Waals surface area contributed by atoms with Crippen molar-refractivity contribution in [3.05, 3.63) is 115 Å². The first kappa shape index (κ1) is 42.2. The number of fused-ring (bicyclic) bond motifs is 1. The van der Waals surface area contributed by atoms with Gasteiger partial charge < -0.3 is 44.6 Å². The highest BCUT2D eigenvalue weighted by Crippen LogP contribution is 2.36. The first-order chi connectivity index (χ1) is 31.3. The number of H-pyrrole nitrogens is 2. The second-order valence-corrected chi connectivity index (χ2v) is 16.5. The number of hydrogen-bond acceptors (Lipinski definition) is 10. The lowest BCUT2D eigenvalue weighted by molar-refractivity contribution is -0.137. The minimum atomic E-state index is -0.890. The molecule has 9 rings (SSSR count). The van der Waals surface area contributed by atoms with Crippen LogP contribution in [0.5, 0.6) is 0 Å². The molecule has 4 amide bonds. The van der Waals surface area contributed by atoms with Crippen LogP contribution in [0.2, 0.25) is 0 Å². The molecule has 3 aromatic carbocycles. The van der Waals surface area contributed by atoms with E-state index in [0.717, 1.165) is 70.2 Å². The van der Waals surface area contributed by atoms with Crippen molar-refractivity contribution >= 4 is 34.8 Å². The number of nitrogens with one attached hydrogen (secondary N) is 4. The zero-order chi connectivity index (χ0) is 44.2. The number of imidazole rings is 2. The molecule has 6 heterocycles. The van der Waals surface area contributed by atoms with E-state index in [0.29, 0.717) is 56.4 Å². The van der Waals surface area contributed by atoms with Crippen molar-refractivity contribution in [3.8, 4) is 33.8 Å². The van der Waals surface area contributed by atoms with Crippen molar-refractivity contribution in [2.24, 2.45) is 5.92 Å². The van der Waals surface area contributed by atoms with Gasteiger partial charge in [0.1, 0.15) is 23.7 Å². The first-order valence-corrected chi connectivity index (χ1v) is 21.8. The topological polar surface area (TPSA) is 197 Å². The van der Waals surface area contributed by atoms with Crippen LogP contribution in [0.4, 0.5) is 9.59 Å². The highest BCUT2D eigenvalue weighted by Gasteiger charge is 2.40. The van der Waals surface area contributed by atoms with Crippen LogP contribution in [0, 0.1) is 5.92 Å². The Morgan fingerprint density at radius 3 is 2.11 bits per heavy atom. The van der Waals surface area contributed by atoms with E-state index in [2.05, 4.69) is 38.8 Å². The van der Waals surface area contributed by atoms with Crippen molar-refractivity contribution < 1.29 is 33.4 Å². The highest BCUT2D eigenvalue weighted by atomic mass is 16.5. The fourth-order valence-electron chi connectivity index (χ4n) is 9.29. The Kier molecular flexibility index (Phi) is 12.4. The van der Waals surface area contributed by atoms with Crippen LogP contribution < -0.4 is 10.6 Å². The number of amides is 4. The number of alkyl carbamates (subject to hydrolysis) is 2. The van der Waals surface area contributed by atoms with Gasteiger partial charge in [0.15, 0.2) is 0 Å². The summed E-state index contributed by atoms with van der Waals surface area (Å²) in [6.07, 6.45) is 8.77. The summed E-state index contributed by atoms with van der Waals surface area (Å²) in [4.78, 5) is 77.4. The number of nitrogens with zero attached hydrogens (tertiary/aromatic N) is 5. The average molecular weight is 866 g/mol. The number of carbonyl (C=O) groups is 4. The van der Waals surface area contributed by atoms with Crippen LogP contribution in [-0.2, 0) is 23.8 Å². The number of carbonyl (C=O) groups excluding carboxylic acids is 4. The first-order valence-electron chi connectivity index (χ1n) is 21.8. The highest BCUT2D eigenvalue weighted by molar-refractivity contribution is 5.90. The van der Waals surface area contributed by atoms with Gasteiger partial charge in [-0.2, -0.15) is 0 Å². The third kappa shape index (κ3) is 8.78. The third-order valence-electron chi connectivity index (χ3n) is 12.7. The van der Waals surface area contributed by atoms with E-state index < -0.39 is 24.3 Å². The van der Waals surface area contributed by atoms with Gasteiger partial charge in [-0.25, -0.2) is 19.6 Å². The molecule has 6 aromatic rings. The van der Waals surface area contributed by atoms with Gasteiger partial charge in [0.05, 0.1) is 49.6 Å². The molecule has 3 fully saturated rings. The van der Waals surface area contributed by atoms with Crippen LogP contribution in [-0.4, -0.2) is 105 Å².